The molecule has 22 heavy (non-hydrogen) atoms. The summed E-state index contributed by atoms with van der Waals surface area (Å²) in [7, 11) is 1.65. The molecule has 1 aliphatic rings. The Bertz CT molecular complexity index is 617. The average Bonchev–Trinajstić information content (AvgIpc) is 2.99. The molecule has 1 fully saturated rings. The Hall–Kier alpha value is -1.50. The molecule has 0 amide bonds. The van der Waals surface area contributed by atoms with Crippen molar-refractivity contribution in [3.63, 3.8) is 0 Å². The largest absolute Gasteiger partial charge is 0.377 e. The van der Waals surface area contributed by atoms with E-state index in [-0.39, 0.29) is 6.04 Å². The fourth-order valence-electron chi connectivity index (χ4n) is 2.88. The molecule has 6 nitrogen and oxygen atoms in total. The molecule has 2 aromatic rings. The lowest BCUT2D eigenvalue weighted by molar-refractivity contribution is 0.133. The molecule has 0 unspecified atom stereocenters. The normalized spacial score (nSPS) is 19.5. The third-order valence-corrected chi connectivity index (χ3v) is 4.31. The van der Waals surface area contributed by atoms with Gasteiger partial charge in [-0.2, -0.15) is 5.10 Å². The van der Waals surface area contributed by atoms with Crippen LogP contribution in [0.3, 0.4) is 0 Å². The molecule has 1 atom stereocenters. The molecule has 2 aromatic heterocycles. The quantitative estimate of drug-likeness (QED) is 0.917. The van der Waals surface area contributed by atoms with Gasteiger partial charge in [0.2, 0.25) is 0 Å². The number of H-pyrrole nitrogens is 1. The zero-order chi connectivity index (χ0) is 15.4. The van der Waals surface area contributed by atoms with Gasteiger partial charge in [0.15, 0.2) is 11.6 Å². The van der Waals surface area contributed by atoms with Crippen molar-refractivity contribution in [1.29, 1.82) is 0 Å². The summed E-state index contributed by atoms with van der Waals surface area (Å²) in [5.41, 5.74) is 1.09. The highest BCUT2D eigenvalue weighted by Gasteiger charge is 2.27. The summed E-state index contributed by atoms with van der Waals surface area (Å²) in [5, 5.41) is 8.03. The van der Waals surface area contributed by atoms with Crippen LogP contribution in [0.4, 0.5) is 0 Å². The number of nitrogens with one attached hydrogen (secondary N) is 1. The van der Waals surface area contributed by atoms with Crippen LogP contribution in [0, 0.1) is 0 Å². The Labute approximate surface area is 134 Å². The SMILES string of the molecule is COCc1nc([C@H]2CCCCN2Cc2ccncc2Cl)n[nH]1. The van der Waals surface area contributed by atoms with E-state index in [0.717, 1.165) is 36.7 Å². The first kappa shape index (κ1) is 15.4. The van der Waals surface area contributed by atoms with Crippen molar-refractivity contribution in [1.82, 2.24) is 25.1 Å². The van der Waals surface area contributed by atoms with Gasteiger partial charge < -0.3 is 4.74 Å². The monoisotopic (exact) mass is 321 g/mol. The number of nitrogens with zero attached hydrogens (tertiary/aromatic N) is 4. The molecule has 1 aliphatic heterocycles. The van der Waals surface area contributed by atoms with Gasteiger partial charge in [0.05, 0.1) is 11.1 Å². The smallest absolute Gasteiger partial charge is 0.167 e. The van der Waals surface area contributed by atoms with Gasteiger partial charge in [-0.15, -0.1) is 0 Å². The number of piperidine rings is 1. The van der Waals surface area contributed by atoms with E-state index in [0.29, 0.717) is 11.6 Å². The van der Waals surface area contributed by atoms with E-state index in [4.69, 9.17) is 16.3 Å². The molecule has 0 bridgehead atoms. The fraction of sp³-hybridized carbons (Fsp3) is 0.533. The number of methoxy groups -OCH3 is 1. The lowest BCUT2D eigenvalue weighted by Crippen LogP contribution is -2.33. The van der Waals surface area contributed by atoms with Crippen LogP contribution in [-0.4, -0.2) is 38.7 Å². The topological polar surface area (TPSA) is 66.9 Å². The highest BCUT2D eigenvalue weighted by Crippen LogP contribution is 2.31. The van der Waals surface area contributed by atoms with Gasteiger partial charge in [-0.05, 0) is 31.0 Å². The highest BCUT2D eigenvalue weighted by molar-refractivity contribution is 6.31. The second-order valence-corrected chi connectivity index (χ2v) is 5.93. The van der Waals surface area contributed by atoms with Crippen LogP contribution in [0.2, 0.25) is 5.02 Å². The third-order valence-electron chi connectivity index (χ3n) is 3.97. The second-order valence-electron chi connectivity index (χ2n) is 5.52. The number of pyridine rings is 1. The fourth-order valence-corrected chi connectivity index (χ4v) is 3.06. The van der Waals surface area contributed by atoms with Gasteiger partial charge in [-0.3, -0.25) is 15.0 Å². The van der Waals surface area contributed by atoms with Crippen LogP contribution in [0.15, 0.2) is 18.5 Å². The molecule has 1 saturated heterocycles. The predicted octanol–water partition coefficient (Wildman–Crippen LogP) is 2.73. The van der Waals surface area contributed by atoms with Crippen molar-refractivity contribution in [2.75, 3.05) is 13.7 Å². The minimum atomic E-state index is 0.222. The van der Waals surface area contributed by atoms with E-state index >= 15 is 0 Å². The van der Waals surface area contributed by atoms with Crippen LogP contribution < -0.4 is 0 Å². The van der Waals surface area contributed by atoms with Gasteiger partial charge in [-0.25, -0.2) is 4.98 Å². The third kappa shape index (κ3) is 3.45. The molecule has 0 aliphatic carbocycles. The van der Waals surface area contributed by atoms with E-state index < -0.39 is 0 Å². The van der Waals surface area contributed by atoms with E-state index in [1.54, 1.807) is 19.5 Å². The maximum atomic E-state index is 6.24. The first-order chi connectivity index (χ1) is 10.8. The van der Waals surface area contributed by atoms with Crippen LogP contribution in [-0.2, 0) is 17.9 Å². The minimum Gasteiger partial charge on any atom is -0.377 e. The number of rotatable bonds is 5. The van der Waals surface area contributed by atoms with E-state index in [1.165, 1.54) is 12.8 Å². The van der Waals surface area contributed by atoms with Crippen LogP contribution in [0.1, 0.15) is 42.5 Å². The van der Waals surface area contributed by atoms with Gasteiger partial charge in [0.25, 0.3) is 0 Å². The van der Waals surface area contributed by atoms with Crippen molar-refractivity contribution >= 4 is 11.6 Å². The lowest BCUT2D eigenvalue weighted by atomic mass is 10.0. The van der Waals surface area contributed by atoms with Crippen molar-refractivity contribution in [3.8, 4) is 0 Å². The molecular weight excluding hydrogens is 302 g/mol. The van der Waals surface area contributed by atoms with Crippen LogP contribution in [0.5, 0.6) is 0 Å². The molecule has 3 rings (SSSR count). The molecule has 1 N–H and O–H groups in total. The number of halogens is 1. The first-order valence-electron chi connectivity index (χ1n) is 7.50. The Morgan fingerprint density at radius 2 is 2.36 bits per heavy atom. The molecule has 0 spiro atoms. The number of aromatic amines is 1. The summed E-state index contributed by atoms with van der Waals surface area (Å²) in [6.07, 6.45) is 6.92. The number of hydrogen-bond donors (Lipinski definition) is 1. The highest BCUT2D eigenvalue weighted by atomic mass is 35.5. The van der Waals surface area contributed by atoms with E-state index in [9.17, 15) is 0 Å². The first-order valence-corrected chi connectivity index (χ1v) is 7.88. The summed E-state index contributed by atoms with van der Waals surface area (Å²) in [4.78, 5) is 11.0. The number of likely N-dealkylation sites (tertiary alicyclic amines) is 1. The van der Waals surface area contributed by atoms with Crippen molar-refractivity contribution < 1.29 is 4.74 Å². The Balaban J connectivity index is 1.77. The maximum Gasteiger partial charge on any atom is 0.167 e. The van der Waals surface area contributed by atoms with Gasteiger partial charge in [0.1, 0.15) is 6.61 Å². The molecule has 0 radical (unpaired) electrons. The van der Waals surface area contributed by atoms with Gasteiger partial charge in [0, 0.05) is 26.0 Å². The number of hydrogen-bond acceptors (Lipinski definition) is 5. The van der Waals surface area contributed by atoms with Gasteiger partial charge >= 0.3 is 0 Å². The van der Waals surface area contributed by atoms with Crippen LogP contribution in [0.25, 0.3) is 0 Å². The summed E-state index contributed by atoms with van der Waals surface area (Å²) >= 11 is 6.24. The molecule has 0 aromatic carbocycles. The lowest BCUT2D eigenvalue weighted by Gasteiger charge is -2.34. The Morgan fingerprint density at radius 1 is 1.45 bits per heavy atom. The Kier molecular flexibility index (Phi) is 5.02. The van der Waals surface area contributed by atoms with Crippen LogP contribution >= 0.6 is 11.6 Å². The van der Waals surface area contributed by atoms with Crippen molar-refractivity contribution in [2.45, 2.75) is 38.5 Å². The number of ether oxygens (including phenoxy) is 1. The van der Waals surface area contributed by atoms with E-state index in [1.807, 2.05) is 6.07 Å². The summed E-state index contributed by atoms with van der Waals surface area (Å²) < 4.78 is 5.10. The Morgan fingerprint density at radius 3 is 3.18 bits per heavy atom. The molecule has 0 saturated carbocycles. The number of aromatic nitrogens is 4. The maximum absolute atomic E-state index is 6.24. The van der Waals surface area contributed by atoms with Crippen molar-refractivity contribution in [3.05, 3.63) is 40.7 Å². The molecule has 3 heterocycles. The van der Waals surface area contributed by atoms with Crippen molar-refractivity contribution in [2.24, 2.45) is 0 Å². The standard InChI is InChI=1S/C15H20ClN5O/c1-22-10-14-18-15(20-19-14)13-4-2-3-7-21(13)9-11-5-6-17-8-12(11)16/h5-6,8,13H,2-4,7,9-10H2,1H3,(H,18,19,20)/t13-/m1/s1. The minimum absolute atomic E-state index is 0.222. The predicted molar refractivity (Wildman–Crippen MR) is 83.3 cm³/mol. The molecular formula is C15H20ClN5O. The average molecular weight is 322 g/mol. The summed E-state index contributed by atoms with van der Waals surface area (Å²) in [6, 6.07) is 2.20. The zero-order valence-corrected chi connectivity index (χ0v) is 13.4. The van der Waals surface area contributed by atoms with Gasteiger partial charge in [-0.1, -0.05) is 18.0 Å². The summed E-state index contributed by atoms with van der Waals surface area (Å²) in [6.45, 7) is 2.27. The zero-order valence-electron chi connectivity index (χ0n) is 12.6. The second kappa shape index (κ2) is 7.17. The van der Waals surface area contributed by atoms with E-state index in [2.05, 4.69) is 25.1 Å². The molecule has 118 valence electrons. The summed E-state index contributed by atoms with van der Waals surface area (Å²) in [5.74, 6) is 1.61. The molecule has 7 heteroatoms.